The molecule has 0 spiro atoms. The molecule has 1 N–H and O–H groups in total. The average molecular weight is 460 g/mol. The summed E-state index contributed by atoms with van der Waals surface area (Å²) in [4.78, 5) is 12.8. The summed E-state index contributed by atoms with van der Waals surface area (Å²) in [6, 6.07) is 12.8. The number of sulfone groups is 1. The minimum Gasteiger partial charge on any atom is -0.306 e. The first-order valence-electron chi connectivity index (χ1n) is 8.69. The van der Waals surface area contributed by atoms with Crippen LogP contribution < -0.4 is 5.32 Å². The quantitative estimate of drug-likeness (QED) is 0.642. The van der Waals surface area contributed by atoms with Crippen molar-refractivity contribution < 1.29 is 13.2 Å². The Bertz CT molecular complexity index is 1200. The van der Waals surface area contributed by atoms with Crippen molar-refractivity contribution in [1.82, 2.24) is 9.78 Å². The highest BCUT2D eigenvalue weighted by Gasteiger charge is 2.33. The van der Waals surface area contributed by atoms with Gasteiger partial charge in [-0.1, -0.05) is 22.0 Å². The fraction of sp³-hybridized carbons (Fsp3) is 0.200. The molecule has 2 aromatic carbocycles. The molecule has 1 aliphatic heterocycles. The van der Waals surface area contributed by atoms with Crippen molar-refractivity contribution >= 4 is 37.5 Å². The van der Waals surface area contributed by atoms with E-state index in [0.717, 1.165) is 21.3 Å². The summed E-state index contributed by atoms with van der Waals surface area (Å²) >= 11 is 3.35. The Labute approximate surface area is 171 Å². The molecule has 1 aliphatic rings. The number of aromatic nitrogens is 2. The molecule has 0 unspecified atom stereocenters. The summed E-state index contributed by atoms with van der Waals surface area (Å²) in [5, 5.41) is 7.38. The van der Waals surface area contributed by atoms with E-state index in [1.165, 1.54) is 0 Å². The summed E-state index contributed by atoms with van der Waals surface area (Å²) in [5.74, 6) is -0.137. The maximum absolute atomic E-state index is 12.8. The number of halogens is 1. The van der Waals surface area contributed by atoms with Crippen molar-refractivity contribution in [2.45, 2.75) is 25.4 Å². The van der Waals surface area contributed by atoms with Crippen molar-refractivity contribution in [2.75, 3.05) is 5.32 Å². The molecule has 2 heterocycles. The zero-order valence-electron chi connectivity index (χ0n) is 15.4. The monoisotopic (exact) mass is 459 g/mol. The van der Waals surface area contributed by atoms with Crippen LogP contribution in [0, 0.1) is 13.8 Å². The Hall–Kier alpha value is -2.45. The minimum absolute atomic E-state index is 0.110. The van der Waals surface area contributed by atoms with Gasteiger partial charge in [0.05, 0.1) is 22.9 Å². The first kappa shape index (κ1) is 18.9. The first-order valence-corrected chi connectivity index (χ1v) is 11.3. The number of benzene rings is 2. The fourth-order valence-corrected chi connectivity index (χ4v) is 4.95. The van der Waals surface area contributed by atoms with E-state index in [2.05, 4.69) is 26.3 Å². The van der Waals surface area contributed by atoms with E-state index in [0.29, 0.717) is 22.6 Å². The van der Waals surface area contributed by atoms with Gasteiger partial charge in [0.2, 0.25) is 0 Å². The van der Waals surface area contributed by atoms with Crippen LogP contribution in [0.15, 0.2) is 46.9 Å². The zero-order valence-corrected chi connectivity index (χ0v) is 17.8. The zero-order chi connectivity index (χ0) is 20.1. The summed E-state index contributed by atoms with van der Waals surface area (Å²) in [6.07, 6.45) is 0. The second-order valence-corrected chi connectivity index (χ2v) is 9.93. The van der Waals surface area contributed by atoms with Crippen LogP contribution in [0.5, 0.6) is 0 Å². The Morgan fingerprint density at radius 3 is 2.46 bits per heavy atom. The molecular weight excluding hydrogens is 442 g/mol. The molecule has 6 nitrogen and oxygen atoms in total. The van der Waals surface area contributed by atoms with Gasteiger partial charge in [-0.2, -0.15) is 5.10 Å². The Morgan fingerprint density at radius 2 is 1.79 bits per heavy atom. The molecule has 3 aromatic rings. The predicted octanol–water partition coefficient (Wildman–Crippen LogP) is 3.93. The molecule has 0 saturated heterocycles. The van der Waals surface area contributed by atoms with Gasteiger partial charge in [0.25, 0.3) is 5.91 Å². The summed E-state index contributed by atoms with van der Waals surface area (Å²) in [5.41, 5.74) is 4.54. The highest BCUT2D eigenvalue weighted by molar-refractivity contribution is 9.10. The van der Waals surface area contributed by atoms with Crippen LogP contribution in [-0.2, 0) is 21.3 Å². The number of nitrogens with zero attached hydrogens (tertiary/aromatic N) is 2. The first-order chi connectivity index (χ1) is 13.2. The highest BCUT2D eigenvalue weighted by Crippen LogP contribution is 2.33. The number of hydrogen-bond donors (Lipinski definition) is 1. The van der Waals surface area contributed by atoms with Gasteiger partial charge in [0, 0.05) is 15.6 Å². The van der Waals surface area contributed by atoms with Gasteiger partial charge in [0.15, 0.2) is 9.84 Å². The number of anilines is 1. The standard InChI is InChI=1S/C20H18BrN3O3S/c1-12-3-8-16(9-13(12)2)24-19(17-10-28(26,27)11-18(17)23-24)22-20(25)14-4-6-15(21)7-5-14/h3-9H,10-11H2,1-2H3,(H,22,25). The third-order valence-corrected chi connectivity index (χ3v) is 6.83. The molecule has 0 fully saturated rings. The van der Waals surface area contributed by atoms with Crippen molar-refractivity contribution in [1.29, 1.82) is 0 Å². The third-order valence-electron chi connectivity index (χ3n) is 4.86. The Morgan fingerprint density at radius 1 is 1.07 bits per heavy atom. The average Bonchev–Trinajstić information content (AvgIpc) is 3.10. The van der Waals surface area contributed by atoms with Gasteiger partial charge in [-0.15, -0.1) is 0 Å². The van der Waals surface area contributed by atoms with E-state index < -0.39 is 9.84 Å². The third kappa shape index (κ3) is 3.49. The smallest absolute Gasteiger partial charge is 0.256 e. The van der Waals surface area contributed by atoms with Gasteiger partial charge in [-0.25, -0.2) is 13.1 Å². The van der Waals surface area contributed by atoms with E-state index >= 15 is 0 Å². The molecule has 8 heteroatoms. The lowest BCUT2D eigenvalue weighted by molar-refractivity contribution is 0.102. The molecule has 0 bridgehead atoms. The number of carbonyl (C=O) groups excluding carboxylic acids is 1. The highest BCUT2D eigenvalue weighted by atomic mass is 79.9. The molecule has 0 radical (unpaired) electrons. The second-order valence-electron chi connectivity index (χ2n) is 6.95. The SMILES string of the molecule is Cc1ccc(-n2nc3c(c2NC(=O)c2ccc(Br)cc2)CS(=O)(=O)C3)cc1C. The van der Waals surface area contributed by atoms with E-state index in [1.54, 1.807) is 28.9 Å². The molecule has 0 atom stereocenters. The van der Waals surface area contributed by atoms with Crippen LogP contribution in [0.1, 0.15) is 32.7 Å². The van der Waals surface area contributed by atoms with E-state index in [-0.39, 0.29) is 17.4 Å². The van der Waals surface area contributed by atoms with E-state index in [9.17, 15) is 13.2 Å². The van der Waals surface area contributed by atoms with Crippen molar-refractivity contribution in [2.24, 2.45) is 0 Å². The van der Waals surface area contributed by atoms with E-state index in [1.807, 2.05) is 32.0 Å². The normalized spacial score (nSPS) is 14.7. The van der Waals surface area contributed by atoms with Gasteiger partial charge in [-0.3, -0.25) is 4.79 Å². The molecule has 28 heavy (non-hydrogen) atoms. The topological polar surface area (TPSA) is 81.1 Å². The van der Waals surface area contributed by atoms with E-state index in [4.69, 9.17) is 0 Å². The molecule has 0 saturated carbocycles. The van der Waals surface area contributed by atoms with Gasteiger partial charge in [-0.05, 0) is 61.4 Å². The molecule has 1 aromatic heterocycles. The molecule has 144 valence electrons. The fourth-order valence-electron chi connectivity index (χ4n) is 3.20. The van der Waals surface area contributed by atoms with Crippen LogP contribution in [0.25, 0.3) is 5.69 Å². The van der Waals surface area contributed by atoms with Crippen molar-refractivity contribution in [3.8, 4) is 5.69 Å². The number of rotatable bonds is 3. The lowest BCUT2D eigenvalue weighted by Gasteiger charge is -2.12. The minimum atomic E-state index is -3.24. The van der Waals surface area contributed by atoms with Crippen molar-refractivity contribution in [3.63, 3.8) is 0 Å². The van der Waals surface area contributed by atoms with Gasteiger partial charge < -0.3 is 5.32 Å². The number of carbonyl (C=O) groups is 1. The summed E-state index contributed by atoms with van der Waals surface area (Å²) < 4.78 is 26.6. The number of hydrogen-bond acceptors (Lipinski definition) is 4. The largest absolute Gasteiger partial charge is 0.306 e. The maximum Gasteiger partial charge on any atom is 0.256 e. The van der Waals surface area contributed by atoms with Gasteiger partial charge >= 0.3 is 0 Å². The summed E-state index contributed by atoms with van der Waals surface area (Å²) in [6.45, 7) is 4.02. The van der Waals surface area contributed by atoms with Crippen LogP contribution in [0.4, 0.5) is 5.82 Å². The van der Waals surface area contributed by atoms with Crippen LogP contribution in [0.2, 0.25) is 0 Å². The molecule has 1 amide bonds. The van der Waals surface area contributed by atoms with Crippen molar-refractivity contribution in [3.05, 3.63) is 74.9 Å². The number of amides is 1. The number of aryl methyl sites for hydroxylation is 2. The van der Waals surface area contributed by atoms with Crippen LogP contribution >= 0.6 is 15.9 Å². The predicted molar refractivity (Wildman–Crippen MR) is 111 cm³/mol. The molecule has 0 aliphatic carbocycles. The van der Waals surface area contributed by atoms with Crippen LogP contribution in [0.3, 0.4) is 0 Å². The van der Waals surface area contributed by atoms with Crippen LogP contribution in [-0.4, -0.2) is 24.1 Å². The Balaban J connectivity index is 1.79. The summed E-state index contributed by atoms with van der Waals surface area (Å²) in [7, 11) is -3.24. The maximum atomic E-state index is 12.8. The number of fused-ring (bicyclic) bond motifs is 1. The second kappa shape index (κ2) is 6.86. The number of nitrogens with one attached hydrogen (secondary N) is 1. The lowest BCUT2D eigenvalue weighted by Crippen LogP contribution is -2.17. The lowest BCUT2D eigenvalue weighted by atomic mass is 10.1. The van der Waals surface area contributed by atoms with Gasteiger partial charge in [0.1, 0.15) is 5.82 Å². The molecular formula is C20H18BrN3O3S. The Kier molecular flexibility index (Phi) is 4.63. The molecule has 4 rings (SSSR count).